The monoisotopic (exact) mass is 304 g/mol. The van der Waals surface area contributed by atoms with Gasteiger partial charge in [0.2, 0.25) is 0 Å². The SMILES string of the molecule is CC(C)(C)c1nc(-c2cccc(F)c2)sc1CNC1CC1. The summed E-state index contributed by atoms with van der Waals surface area (Å²) in [5.74, 6) is -0.210. The van der Waals surface area contributed by atoms with E-state index in [2.05, 4.69) is 26.1 Å². The summed E-state index contributed by atoms with van der Waals surface area (Å²) in [6.45, 7) is 7.40. The molecule has 1 fully saturated rings. The number of hydrogen-bond acceptors (Lipinski definition) is 3. The van der Waals surface area contributed by atoms with Gasteiger partial charge in [0.25, 0.3) is 0 Å². The Morgan fingerprint density at radius 1 is 1.33 bits per heavy atom. The lowest BCUT2D eigenvalue weighted by atomic mass is 9.91. The predicted molar refractivity (Wildman–Crippen MR) is 86.1 cm³/mol. The maximum Gasteiger partial charge on any atom is 0.124 e. The Balaban J connectivity index is 1.94. The lowest BCUT2D eigenvalue weighted by Gasteiger charge is -2.17. The largest absolute Gasteiger partial charge is 0.309 e. The van der Waals surface area contributed by atoms with Crippen LogP contribution in [0.4, 0.5) is 4.39 Å². The number of rotatable bonds is 4. The van der Waals surface area contributed by atoms with Crippen molar-refractivity contribution in [1.29, 1.82) is 0 Å². The smallest absolute Gasteiger partial charge is 0.124 e. The first-order valence-electron chi connectivity index (χ1n) is 7.43. The van der Waals surface area contributed by atoms with Gasteiger partial charge in [-0.3, -0.25) is 0 Å². The first kappa shape index (κ1) is 14.7. The van der Waals surface area contributed by atoms with E-state index in [1.54, 1.807) is 23.5 Å². The molecule has 1 heterocycles. The third-order valence-electron chi connectivity index (χ3n) is 3.61. The van der Waals surface area contributed by atoms with Crippen LogP contribution in [0.25, 0.3) is 10.6 Å². The Labute approximate surface area is 129 Å². The molecule has 0 unspecified atom stereocenters. The average molecular weight is 304 g/mol. The minimum atomic E-state index is -0.210. The summed E-state index contributed by atoms with van der Waals surface area (Å²) in [4.78, 5) is 6.07. The quantitative estimate of drug-likeness (QED) is 0.899. The summed E-state index contributed by atoms with van der Waals surface area (Å²) in [6.07, 6.45) is 2.56. The van der Waals surface area contributed by atoms with Crippen LogP contribution in [0.1, 0.15) is 44.2 Å². The van der Waals surface area contributed by atoms with E-state index in [1.807, 2.05) is 6.07 Å². The highest BCUT2D eigenvalue weighted by molar-refractivity contribution is 7.15. The highest BCUT2D eigenvalue weighted by atomic mass is 32.1. The number of benzene rings is 1. The molecule has 2 nitrogen and oxygen atoms in total. The Morgan fingerprint density at radius 2 is 2.10 bits per heavy atom. The molecule has 0 spiro atoms. The molecule has 1 saturated carbocycles. The van der Waals surface area contributed by atoms with Gasteiger partial charge >= 0.3 is 0 Å². The number of halogens is 1. The molecule has 112 valence electrons. The fourth-order valence-corrected chi connectivity index (χ4v) is 3.55. The van der Waals surface area contributed by atoms with Gasteiger partial charge in [-0.25, -0.2) is 9.37 Å². The van der Waals surface area contributed by atoms with Gasteiger partial charge in [-0.05, 0) is 25.0 Å². The normalized spacial score (nSPS) is 15.4. The molecule has 1 aliphatic rings. The highest BCUT2D eigenvalue weighted by Gasteiger charge is 2.26. The van der Waals surface area contributed by atoms with Crippen LogP contribution in [-0.2, 0) is 12.0 Å². The van der Waals surface area contributed by atoms with E-state index in [1.165, 1.54) is 23.8 Å². The molecule has 1 N–H and O–H groups in total. The van der Waals surface area contributed by atoms with Gasteiger partial charge in [0.15, 0.2) is 0 Å². The molecule has 1 aliphatic carbocycles. The van der Waals surface area contributed by atoms with Crippen molar-refractivity contribution in [3.05, 3.63) is 40.7 Å². The molecular formula is C17H21FN2S. The van der Waals surface area contributed by atoms with Crippen LogP contribution in [0.15, 0.2) is 24.3 Å². The minimum Gasteiger partial charge on any atom is -0.309 e. The first-order valence-corrected chi connectivity index (χ1v) is 8.24. The molecule has 0 bridgehead atoms. The van der Waals surface area contributed by atoms with E-state index in [4.69, 9.17) is 4.98 Å². The maximum atomic E-state index is 13.4. The average Bonchev–Trinajstić information content (AvgIpc) is 3.13. The summed E-state index contributed by atoms with van der Waals surface area (Å²) in [7, 11) is 0. The Morgan fingerprint density at radius 3 is 2.71 bits per heavy atom. The van der Waals surface area contributed by atoms with Gasteiger partial charge in [0, 0.05) is 28.4 Å². The predicted octanol–water partition coefficient (Wildman–Crippen LogP) is 4.50. The third-order valence-corrected chi connectivity index (χ3v) is 4.71. The van der Waals surface area contributed by atoms with Crippen LogP contribution in [0.5, 0.6) is 0 Å². The number of hydrogen-bond donors (Lipinski definition) is 1. The molecule has 2 aromatic rings. The van der Waals surface area contributed by atoms with Gasteiger partial charge < -0.3 is 5.32 Å². The Kier molecular flexibility index (Phi) is 3.84. The highest BCUT2D eigenvalue weighted by Crippen LogP contribution is 2.35. The molecule has 0 amide bonds. The standard InChI is InChI=1S/C17H21FN2S/c1-17(2,3)15-14(10-19-13-7-8-13)21-16(20-15)11-5-4-6-12(18)9-11/h4-6,9,13,19H,7-8,10H2,1-3H3. The number of nitrogens with zero attached hydrogens (tertiary/aromatic N) is 1. The lowest BCUT2D eigenvalue weighted by molar-refractivity contribution is 0.559. The van der Waals surface area contributed by atoms with Crippen molar-refractivity contribution >= 4 is 11.3 Å². The van der Waals surface area contributed by atoms with Crippen LogP contribution < -0.4 is 5.32 Å². The number of nitrogens with one attached hydrogen (secondary N) is 1. The van der Waals surface area contributed by atoms with Crippen LogP contribution in [0.2, 0.25) is 0 Å². The van der Waals surface area contributed by atoms with Gasteiger partial charge in [-0.2, -0.15) is 0 Å². The zero-order valence-electron chi connectivity index (χ0n) is 12.7. The molecule has 1 aromatic carbocycles. The summed E-state index contributed by atoms with van der Waals surface area (Å²) < 4.78 is 13.4. The molecule has 21 heavy (non-hydrogen) atoms. The molecular weight excluding hydrogens is 283 g/mol. The van der Waals surface area contributed by atoms with Crippen molar-refractivity contribution in [2.24, 2.45) is 0 Å². The van der Waals surface area contributed by atoms with E-state index in [0.29, 0.717) is 6.04 Å². The van der Waals surface area contributed by atoms with Crippen molar-refractivity contribution in [2.45, 2.75) is 51.6 Å². The van der Waals surface area contributed by atoms with Crippen molar-refractivity contribution in [1.82, 2.24) is 10.3 Å². The van der Waals surface area contributed by atoms with Crippen LogP contribution in [-0.4, -0.2) is 11.0 Å². The van der Waals surface area contributed by atoms with Crippen LogP contribution in [0, 0.1) is 5.82 Å². The molecule has 1 aromatic heterocycles. The minimum absolute atomic E-state index is 0.00262. The zero-order valence-corrected chi connectivity index (χ0v) is 13.6. The second-order valence-corrected chi connectivity index (χ2v) is 7.79. The van der Waals surface area contributed by atoms with Gasteiger partial charge in [-0.15, -0.1) is 11.3 Å². The zero-order chi connectivity index (χ0) is 15.0. The second kappa shape index (κ2) is 5.50. The topological polar surface area (TPSA) is 24.9 Å². The second-order valence-electron chi connectivity index (χ2n) is 6.71. The van der Waals surface area contributed by atoms with E-state index in [9.17, 15) is 4.39 Å². The molecule has 0 radical (unpaired) electrons. The first-order chi connectivity index (χ1) is 9.93. The third kappa shape index (κ3) is 3.50. The molecule has 4 heteroatoms. The van der Waals surface area contributed by atoms with Crippen molar-refractivity contribution in [3.8, 4) is 10.6 Å². The molecule has 3 rings (SSSR count). The fourth-order valence-electron chi connectivity index (χ4n) is 2.33. The lowest BCUT2D eigenvalue weighted by Crippen LogP contribution is -2.19. The summed E-state index contributed by atoms with van der Waals surface area (Å²) >= 11 is 1.68. The Bertz CT molecular complexity index is 638. The fraction of sp³-hybridized carbons (Fsp3) is 0.471. The van der Waals surface area contributed by atoms with E-state index in [-0.39, 0.29) is 11.2 Å². The van der Waals surface area contributed by atoms with E-state index < -0.39 is 0 Å². The van der Waals surface area contributed by atoms with Gasteiger partial charge in [0.05, 0.1) is 5.69 Å². The van der Waals surface area contributed by atoms with Gasteiger partial charge in [0.1, 0.15) is 10.8 Å². The van der Waals surface area contributed by atoms with E-state index >= 15 is 0 Å². The van der Waals surface area contributed by atoms with Crippen molar-refractivity contribution in [2.75, 3.05) is 0 Å². The maximum absolute atomic E-state index is 13.4. The van der Waals surface area contributed by atoms with Crippen molar-refractivity contribution in [3.63, 3.8) is 0 Å². The molecule has 0 saturated heterocycles. The number of thiazole rings is 1. The summed E-state index contributed by atoms with van der Waals surface area (Å²) in [6, 6.07) is 7.37. The summed E-state index contributed by atoms with van der Waals surface area (Å²) in [5.41, 5.74) is 1.99. The molecule has 0 atom stereocenters. The molecule has 0 aliphatic heterocycles. The van der Waals surface area contributed by atoms with Crippen LogP contribution >= 0.6 is 11.3 Å². The van der Waals surface area contributed by atoms with Crippen LogP contribution in [0.3, 0.4) is 0 Å². The van der Waals surface area contributed by atoms with E-state index in [0.717, 1.165) is 22.8 Å². The van der Waals surface area contributed by atoms with Crippen molar-refractivity contribution < 1.29 is 4.39 Å². The Hall–Kier alpha value is -1.26. The summed E-state index contributed by atoms with van der Waals surface area (Å²) in [5, 5.41) is 4.47. The number of aromatic nitrogens is 1. The van der Waals surface area contributed by atoms with Gasteiger partial charge in [-0.1, -0.05) is 32.9 Å².